The summed E-state index contributed by atoms with van der Waals surface area (Å²) in [6.07, 6.45) is -0.368. The molecule has 0 saturated heterocycles. The molecule has 3 aromatic carbocycles. The molecule has 164 valence electrons. The van der Waals surface area contributed by atoms with Gasteiger partial charge in [0.25, 0.3) is 0 Å². The van der Waals surface area contributed by atoms with Crippen LogP contribution in [-0.2, 0) is 16.1 Å². The molecular weight excluding hydrogens is 388 g/mol. The summed E-state index contributed by atoms with van der Waals surface area (Å²) in [4.78, 5) is 0. The molecule has 0 unspecified atom stereocenters. The van der Waals surface area contributed by atoms with Gasteiger partial charge in [-0.3, -0.25) is 0 Å². The number of hydrogen-bond donors (Lipinski definition) is 1. The monoisotopic (exact) mass is 420 g/mol. The topological polar surface area (TPSA) is 47.9 Å². The molecule has 0 bridgehead atoms. The summed E-state index contributed by atoms with van der Waals surface area (Å²) >= 11 is 0. The fraction of sp³-hybridized carbons (Fsp3) is 0.333. The minimum Gasteiger partial charge on any atom is -0.489 e. The van der Waals surface area contributed by atoms with E-state index in [2.05, 4.69) is 32.0 Å². The lowest BCUT2D eigenvalue weighted by Crippen LogP contribution is -2.21. The van der Waals surface area contributed by atoms with Gasteiger partial charge in [-0.15, -0.1) is 0 Å². The Kier molecular flexibility index (Phi) is 8.24. The molecule has 4 nitrogen and oxygen atoms in total. The van der Waals surface area contributed by atoms with E-state index in [0.29, 0.717) is 6.61 Å². The molecule has 0 radical (unpaired) electrons. The summed E-state index contributed by atoms with van der Waals surface area (Å²) in [6.45, 7) is 6.70. The van der Waals surface area contributed by atoms with Crippen molar-refractivity contribution in [3.8, 4) is 5.75 Å². The fourth-order valence-corrected chi connectivity index (χ4v) is 3.87. The molecule has 0 amide bonds. The molecule has 31 heavy (non-hydrogen) atoms. The fourth-order valence-electron chi connectivity index (χ4n) is 3.87. The molecule has 0 saturated carbocycles. The highest BCUT2D eigenvalue weighted by Gasteiger charge is 2.29. The van der Waals surface area contributed by atoms with Gasteiger partial charge in [-0.05, 0) is 49.1 Å². The third-order valence-corrected chi connectivity index (χ3v) is 5.47. The van der Waals surface area contributed by atoms with Crippen molar-refractivity contribution in [1.29, 1.82) is 0 Å². The Balaban J connectivity index is 1.97. The number of aryl methyl sites for hydroxylation is 3. The van der Waals surface area contributed by atoms with Crippen LogP contribution in [0.1, 0.15) is 45.4 Å². The van der Waals surface area contributed by atoms with Gasteiger partial charge in [0, 0.05) is 18.6 Å². The third-order valence-electron chi connectivity index (χ3n) is 5.47. The van der Waals surface area contributed by atoms with Crippen LogP contribution in [0.25, 0.3) is 0 Å². The lowest BCUT2D eigenvalue weighted by Gasteiger charge is -2.29. The minimum atomic E-state index is -0.368. The van der Waals surface area contributed by atoms with Gasteiger partial charge in [0.2, 0.25) is 0 Å². The van der Waals surface area contributed by atoms with E-state index < -0.39 is 0 Å². The first kappa shape index (κ1) is 23.0. The van der Waals surface area contributed by atoms with Crippen molar-refractivity contribution >= 4 is 0 Å². The molecule has 0 fully saturated rings. The number of hydrogen-bond acceptors (Lipinski definition) is 4. The Morgan fingerprint density at radius 1 is 0.839 bits per heavy atom. The molecule has 0 heterocycles. The van der Waals surface area contributed by atoms with Crippen LogP contribution < -0.4 is 4.74 Å². The SMILES string of the molecule is COCO[C@@H](c1ccc(C)cc1C)[C@H](CO)c1ccc(C)cc1OCc1ccccc1. The number of aliphatic hydroxyl groups excluding tert-OH is 1. The van der Waals surface area contributed by atoms with Crippen molar-refractivity contribution in [3.05, 3.63) is 100 Å². The molecule has 3 rings (SSSR count). The lowest BCUT2D eigenvalue weighted by atomic mass is 9.86. The smallest absolute Gasteiger partial charge is 0.147 e. The average Bonchev–Trinajstić information content (AvgIpc) is 2.77. The highest BCUT2D eigenvalue weighted by atomic mass is 16.7. The second kappa shape index (κ2) is 11.1. The number of methoxy groups -OCH3 is 1. The van der Waals surface area contributed by atoms with Crippen LogP contribution >= 0.6 is 0 Å². The standard InChI is InChI=1S/C27H32O4/c1-19-10-12-23(21(3)14-19)27(31-18-29-4)25(16-28)24-13-11-20(2)15-26(24)30-17-22-8-6-5-7-9-22/h5-15,25,27-28H,16-18H2,1-4H3/t25-,27+/m1/s1. The zero-order valence-corrected chi connectivity index (χ0v) is 18.8. The number of benzene rings is 3. The quantitative estimate of drug-likeness (QED) is 0.432. The Labute approximate surface area is 185 Å². The van der Waals surface area contributed by atoms with Crippen molar-refractivity contribution in [2.24, 2.45) is 0 Å². The number of rotatable bonds is 10. The zero-order valence-electron chi connectivity index (χ0n) is 18.8. The highest BCUT2D eigenvalue weighted by Crippen LogP contribution is 2.40. The first-order valence-electron chi connectivity index (χ1n) is 10.6. The van der Waals surface area contributed by atoms with Crippen LogP contribution in [0.4, 0.5) is 0 Å². The van der Waals surface area contributed by atoms with Gasteiger partial charge in [0.1, 0.15) is 19.1 Å². The predicted molar refractivity (Wildman–Crippen MR) is 123 cm³/mol. The van der Waals surface area contributed by atoms with E-state index in [1.54, 1.807) is 7.11 Å². The maximum atomic E-state index is 10.5. The highest BCUT2D eigenvalue weighted by molar-refractivity contribution is 5.43. The second-order valence-electron chi connectivity index (χ2n) is 7.96. The van der Waals surface area contributed by atoms with Crippen LogP contribution in [0.2, 0.25) is 0 Å². The lowest BCUT2D eigenvalue weighted by molar-refractivity contribution is -0.0876. The summed E-state index contributed by atoms with van der Waals surface area (Å²) in [5.41, 5.74) is 6.47. The summed E-state index contributed by atoms with van der Waals surface area (Å²) in [5, 5.41) is 10.5. The second-order valence-corrected chi connectivity index (χ2v) is 7.96. The van der Waals surface area contributed by atoms with Crippen LogP contribution in [0.5, 0.6) is 5.75 Å². The van der Waals surface area contributed by atoms with E-state index in [0.717, 1.165) is 33.6 Å². The molecule has 2 atom stereocenters. The predicted octanol–water partition coefficient (Wildman–Crippen LogP) is 5.63. The molecule has 0 aliphatic carbocycles. The summed E-state index contributed by atoms with van der Waals surface area (Å²) in [5.74, 6) is 0.460. The molecule has 0 aliphatic rings. The van der Waals surface area contributed by atoms with Crippen LogP contribution in [0.15, 0.2) is 66.7 Å². The first-order chi connectivity index (χ1) is 15.0. The normalized spacial score (nSPS) is 13.1. The van der Waals surface area contributed by atoms with Crippen LogP contribution in [0, 0.1) is 20.8 Å². The Morgan fingerprint density at radius 3 is 2.16 bits per heavy atom. The van der Waals surface area contributed by atoms with Crippen molar-refractivity contribution < 1.29 is 19.3 Å². The molecule has 0 aliphatic heterocycles. The van der Waals surface area contributed by atoms with Crippen LogP contribution in [0.3, 0.4) is 0 Å². The van der Waals surface area contributed by atoms with Crippen molar-refractivity contribution in [2.45, 2.75) is 39.4 Å². The van der Waals surface area contributed by atoms with E-state index in [-0.39, 0.29) is 25.4 Å². The van der Waals surface area contributed by atoms with Gasteiger partial charge in [0.15, 0.2) is 0 Å². The Bertz CT molecular complexity index is 968. The van der Waals surface area contributed by atoms with E-state index in [9.17, 15) is 5.11 Å². The maximum Gasteiger partial charge on any atom is 0.147 e. The Morgan fingerprint density at radius 2 is 1.52 bits per heavy atom. The minimum absolute atomic E-state index is 0.0769. The van der Waals surface area contributed by atoms with Gasteiger partial charge in [0.05, 0.1) is 12.7 Å². The molecule has 0 spiro atoms. The van der Waals surface area contributed by atoms with Gasteiger partial charge in [-0.25, -0.2) is 0 Å². The van der Waals surface area contributed by atoms with Gasteiger partial charge in [-0.2, -0.15) is 0 Å². The van der Waals surface area contributed by atoms with E-state index in [1.165, 1.54) is 5.56 Å². The van der Waals surface area contributed by atoms with E-state index >= 15 is 0 Å². The molecule has 3 aromatic rings. The molecular formula is C27H32O4. The van der Waals surface area contributed by atoms with Crippen molar-refractivity contribution in [1.82, 2.24) is 0 Å². The van der Waals surface area contributed by atoms with Gasteiger partial charge < -0.3 is 19.3 Å². The average molecular weight is 421 g/mol. The molecule has 4 heteroatoms. The largest absolute Gasteiger partial charge is 0.489 e. The Hall–Kier alpha value is -2.66. The van der Waals surface area contributed by atoms with Crippen LogP contribution in [-0.4, -0.2) is 25.6 Å². The van der Waals surface area contributed by atoms with Gasteiger partial charge in [-0.1, -0.05) is 66.2 Å². The summed E-state index contributed by atoms with van der Waals surface area (Å²) in [7, 11) is 1.60. The maximum absolute atomic E-state index is 10.5. The van der Waals surface area contributed by atoms with Crippen molar-refractivity contribution in [2.75, 3.05) is 20.5 Å². The van der Waals surface area contributed by atoms with E-state index in [4.69, 9.17) is 14.2 Å². The van der Waals surface area contributed by atoms with E-state index in [1.807, 2.05) is 55.5 Å². The zero-order chi connectivity index (χ0) is 22.2. The molecule has 0 aromatic heterocycles. The summed E-state index contributed by atoms with van der Waals surface area (Å²) in [6, 6.07) is 22.5. The van der Waals surface area contributed by atoms with Gasteiger partial charge >= 0.3 is 0 Å². The first-order valence-corrected chi connectivity index (χ1v) is 10.6. The molecule has 1 N–H and O–H groups in total. The summed E-state index contributed by atoms with van der Waals surface area (Å²) < 4.78 is 17.6. The number of ether oxygens (including phenoxy) is 3. The van der Waals surface area contributed by atoms with Crippen molar-refractivity contribution in [3.63, 3.8) is 0 Å². The third kappa shape index (κ3) is 5.95. The number of aliphatic hydroxyl groups is 1.